The van der Waals surface area contributed by atoms with E-state index in [-0.39, 0.29) is 5.92 Å². The summed E-state index contributed by atoms with van der Waals surface area (Å²) in [6.45, 7) is 16.1. The maximum absolute atomic E-state index is 14.0. The van der Waals surface area contributed by atoms with Crippen LogP contribution in [0.2, 0.25) is 0 Å². The highest BCUT2D eigenvalue weighted by atomic mass is 19.1. The number of allylic oxidation sites excluding steroid dienone is 1. The van der Waals surface area contributed by atoms with Gasteiger partial charge in [-0.3, -0.25) is 0 Å². The molecule has 5 nitrogen and oxygen atoms in total. The van der Waals surface area contributed by atoms with Crippen molar-refractivity contribution in [1.82, 2.24) is 14.8 Å². The fourth-order valence-corrected chi connectivity index (χ4v) is 4.55. The highest BCUT2D eigenvalue weighted by molar-refractivity contribution is 5.97. The van der Waals surface area contributed by atoms with Crippen LogP contribution < -0.4 is 5.32 Å². The van der Waals surface area contributed by atoms with Gasteiger partial charge in [0.2, 0.25) is 5.96 Å². The first-order chi connectivity index (χ1) is 16.2. The molecule has 1 aliphatic carbocycles. The average Bonchev–Trinajstić information content (AvgIpc) is 2.80. The van der Waals surface area contributed by atoms with Crippen LogP contribution in [0.1, 0.15) is 48.9 Å². The number of aliphatic imine (C=N–C) groups is 1. The first kappa shape index (κ1) is 23.9. The Morgan fingerprint density at radius 3 is 2.68 bits per heavy atom. The smallest absolute Gasteiger partial charge is 0.206 e. The van der Waals surface area contributed by atoms with E-state index in [0.717, 1.165) is 52.6 Å². The molecule has 34 heavy (non-hydrogen) atoms. The number of aryl methyl sites for hydroxylation is 1. The second-order valence-corrected chi connectivity index (χ2v) is 9.31. The predicted molar refractivity (Wildman–Crippen MR) is 136 cm³/mol. The molecular weight excluding hydrogens is 432 g/mol. The molecule has 0 spiro atoms. The number of aromatic nitrogens is 1. The molecule has 1 fully saturated rings. The Hall–Kier alpha value is -3.22. The first-order valence-electron chi connectivity index (χ1n) is 11.8. The lowest BCUT2D eigenvalue weighted by molar-refractivity contribution is 0.0904. The number of pyridine rings is 1. The maximum Gasteiger partial charge on any atom is 0.206 e. The minimum absolute atomic E-state index is 0.0509. The van der Waals surface area contributed by atoms with Crippen molar-refractivity contribution in [2.45, 2.75) is 46.3 Å². The van der Waals surface area contributed by atoms with E-state index in [2.05, 4.69) is 47.4 Å². The van der Waals surface area contributed by atoms with Gasteiger partial charge < -0.3 is 15.1 Å². The maximum atomic E-state index is 14.0. The zero-order valence-corrected chi connectivity index (χ0v) is 20.5. The van der Waals surface area contributed by atoms with Gasteiger partial charge in [-0.2, -0.15) is 0 Å². The van der Waals surface area contributed by atoms with E-state index >= 15 is 0 Å². The van der Waals surface area contributed by atoms with Crippen LogP contribution in [0.3, 0.4) is 0 Å². The highest BCUT2D eigenvalue weighted by Gasteiger charge is 2.34. The van der Waals surface area contributed by atoms with Gasteiger partial charge >= 0.3 is 0 Å². The third-order valence-electron chi connectivity index (χ3n) is 6.77. The molecule has 2 aliphatic rings. The van der Waals surface area contributed by atoms with Crippen molar-refractivity contribution in [2.75, 3.05) is 25.5 Å². The Labute approximate surface area is 200 Å². The number of nitrogens with zero attached hydrogens (tertiary/aromatic N) is 4. The van der Waals surface area contributed by atoms with Crippen molar-refractivity contribution < 1.29 is 8.78 Å². The number of anilines is 1. The summed E-state index contributed by atoms with van der Waals surface area (Å²) in [7, 11) is 1.96. The summed E-state index contributed by atoms with van der Waals surface area (Å²) in [5.74, 6) is 1.02. The topological polar surface area (TPSA) is 43.8 Å². The Bertz CT molecular complexity index is 1160. The Kier molecular flexibility index (Phi) is 6.73. The lowest BCUT2D eigenvalue weighted by atomic mass is 9.83. The van der Waals surface area contributed by atoms with E-state index in [1.54, 1.807) is 0 Å². The molecule has 2 unspecified atom stereocenters. The Morgan fingerprint density at radius 1 is 1.29 bits per heavy atom. The number of benzene rings is 1. The monoisotopic (exact) mass is 465 g/mol. The molecule has 1 N–H and O–H groups in total. The van der Waals surface area contributed by atoms with Crippen LogP contribution in [0, 0.1) is 18.7 Å². The van der Waals surface area contributed by atoms with Crippen molar-refractivity contribution in [3.8, 4) is 0 Å². The van der Waals surface area contributed by atoms with Gasteiger partial charge in [0.05, 0.1) is 11.9 Å². The van der Waals surface area contributed by atoms with Crippen LogP contribution in [0.5, 0.6) is 0 Å². The molecule has 0 bridgehead atoms. The van der Waals surface area contributed by atoms with E-state index in [0.29, 0.717) is 30.9 Å². The van der Waals surface area contributed by atoms with Crippen molar-refractivity contribution in [1.29, 1.82) is 0 Å². The molecule has 0 saturated heterocycles. The second-order valence-electron chi connectivity index (χ2n) is 9.31. The largest absolute Gasteiger partial charge is 0.365 e. The molecule has 1 aromatic heterocycles. The summed E-state index contributed by atoms with van der Waals surface area (Å²) >= 11 is 0. The molecule has 0 radical (unpaired) electrons. The van der Waals surface area contributed by atoms with Gasteiger partial charge in [0, 0.05) is 49.4 Å². The Morgan fingerprint density at radius 2 is 2.06 bits per heavy atom. The van der Waals surface area contributed by atoms with Crippen LogP contribution in [0.25, 0.3) is 11.3 Å². The van der Waals surface area contributed by atoms with Gasteiger partial charge in [-0.15, -0.1) is 0 Å². The summed E-state index contributed by atoms with van der Waals surface area (Å²) in [6.07, 6.45) is 2.03. The molecular formula is C27H33F2N5. The van der Waals surface area contributed by atoms with Gasteiger partial charge in [-0.1, -0.05) is 19.2 Å². The Balaban J connectivity index is 1.68. The minimum atomic E-state index is -0.729. The minimum Gasteiger partial charge on any atom is -0.365 e. The van der Waals surface area contributed by atoms with Crippen molar-refractivity contribution in [2.24, 2.45) is 10.9 Å². The second kappa shape index (κ2) is 9.57. The zero-order valence-electron chi connectivity index (χ0n) is 20.5. The normalized spacial score (nSPS) is 19.3. The standard InChI is InChI=1S/C27H33F2N5/c1-7-34(15-19-8-9-24(19)29)27-32-25-20(10-17(4)11-23(25)18(5)33(27)6)13-30-26-22(16(2)3)12-21(28)14-31-26/h10-12,14,19,24H,2,5,7-9,13,15H2,1,3-4,6H3,(H,30,31). The predicted octanol–water partition coefficient (Wildman–Crippen LogP) is 6.15. The summed E-state index contributed by atoms with van der Waals surface area (Å²) in [6, 6.07) is 5.62. The molecule has 1 saturated carbocycles. The highest BCUT2D eigenvalue weighted by Crippen LogP contribution is 2.38. The van der Waals surface area contributed by atoms with Gasteiger partial charge in [-0.05, 0) is 62.4 Å². The van der Waals surface area contributed by atoms with E-state index in [4.69, 9.17) is 4.99 Å². The summed E-state index contributed by atoms with van der Waals surface area (Å²) in [4.78, 5) is 13.4. The van der Waals surface area contributed by atoms with Crippen molar-refractivity contribution in [3.63, 3.8) is 0 Å². The molecule has 0 amide bonds. The molecule has 1 aromatic carbocycles. The molecule has 4 rings (SSSR count). The number of hydrogen-bond acceptors (Lipinski definition) is 5. The van der Waals surface area contributed by atoms with E-state index in [9.17, 15) is 8.78 Å². The van der Waals surface area contributed by atoms with Crippen LogP contribution in [0.15, 0.2) is 42.5 Å². The van der Waals surface area contributed by atoms with Crippen LogP contribution in [-0.4, -0.2) is 47.1 Å². The van der Waals surface area contributed by atoms with E-state index < -0.39 is 12.0 Å². The molecule has 2 atom stereocenters. The summed E-state index contributed by atoms with van der Waals surface area (Å²) in [5.41, 5.74) is 6.14. The zero-order chi connectivity index (χ0) is 24.6. The van der Waals surface area contributed by atoms with Gasteiger partial charge in [0.15, 0.2) is 0 Å². The fourth-order valence-electron chi connectivity index (χ4n) is 4.55. The lowest BCUT2D eigenvalue weighted by Gasteiger charge is -2.40. The van der Waals surface area contributed by atoms with Gasteiger partial charge in [0.25, 0.3) is 0 Å². The van der Waals surface area contributed by atoms with E-state index in [1.807, 2.05) is 25.8 Å². The molecule has 180 valence electrons. The number of hydrogen-bond donors (Lipinski definition) is 1. The SMILES string of the molecule is C=C(C)c1cc(F)cnc1NCc1cc(C)cc2c1N=C(N(CC)CC1CCC1F)N(C)C2=C. The van der Waals surface area contributed by atoms with Crippen molar-refractivity contribution in [3.05, 3.63) is 65.6 Å². The third-order valence-corrected chi connectivity index (χ3v) is 6.77. The number of nitrogens with one attached hydrogen (secondary N) is 1. The molecule has 2 heterocycles. The molecule has 2 aromatic rings. The van der Waals surface area contributed by atoms with Gasteiger partial charge in [0.1, 0.15) is 17.8 Å². The summed E-state index contributed by atoms with van der Waals surface area (Å²) < 4.78 is 27.7. The van der Waals surface area contributed by atoms with Crippen LogP contribution >= 0.6 is 0 Å². The quantitative estimate of drug-likeness (QED) is 0.533. The molecule has 7 heteroatoms. The number of guanidine groups is 1. The van der Waals surface area contributed by atoms with Gasteiger partial charge in [-0.25, -0.2) is 18.8 Å². The average molecular weight is 466 g/mol. The number of fused-ring (bicyclic) bond motifs is 1. The fraction of sp³-hybridized carbons (Fsp3) is 0.407. The van der Waals surface area contributed by atoms with Crippen LogP contribution in [0.4, 0.5) is 20.3 Å². The number of halogens is 2. The molecule has 1 aliphatic heterocycles. The lowest BCUT2D eigenvalue weighted by Crippen LogP contribution is -2.47. The summed E-state index contributed by atoms with van der Waals surface area (Å²) in [5, 5.41) is 3.34. The number of alkyl halides is 1. The first-order valence-corrected chi connectivity index (χ1v) is 11.8. The number of rotatable bonds is 7. The van der Waals surface area contributed by atoms with Crippen molar-refractivity contribution >= 4 is 28.7 Å². The van der Waals surface area contributed by atoms with Crippen LogP contribution in [-0.2, 0) is 6.54 Å². The van der Waals surface area contributed by atoms with E-state index in [1.165, 1.54) is 12.3 Å². The third kappa shape index (κ3) is 4.56.